The summed E-state index contributed by atoms with van der Waals surface area (Å²) in [4.78, 5) is 19.5. The van der Waals surface area contributed by atoms with E-state index in [1.165, 1.54) is 25.9 Å². The van der Waals surface area contributed by atoms with Crippen molar-refractivity contribution >= 4 is 32.4 Å². The van der Waals surface area contributed by atoms with E-state index in [4.69, 9.17) is 4.98 Å². The molecule has 0 bridgehead atoms. The van der Waals surface area contributed by atoms with Gasteiger partial charge in [-0.05, 0) is 17.2 Å². The van der Waals surface area contributed by atoms with Crippen molar-refractivity contribution in [2.75, 3.05) is 26.2 Å². The summed E-state index contributed by atoms with van der Waals surface area (Å²) in [5, 5.41) is 3.24. The van der Waals surface area contributed by atoms with Crippen LogP contribution in [-0.2, 0) is 16.6 Å². The number of hydrogen-bond acceptors (Lipinski definition) is 5. The number of thiazole rings is 1. The van der Waals surface area contributed by atoms with Crippen molar-refractivity contribution in [2.45, 2.75) is 6.54 Å². The fraction of sp³-hybridized carbons (Fsp3) is 0.200. The Morgan fingerprint density at radius 1 is 1.00 bits per heavy atom. The van der Waals surface area contributed by atoms with Crippen molar-refractivity contribution in [2.24, 2.45) is 0 Å². The van der Waals surface area contributed by atoms with E-state index in [-0.39, 0.29) is 5.56 Å². The van der Waals surface area contributed by atoms with E-state index in [9.17, 15) is 13.2 Å². The zero-order valence-electron chi connectivity index (χ0n) is 18.5. The van der Waals surface area contributed by atoms with Gasteiger partial charge in [-0.3, -0.25) is 9.20 Å². The highest BCUT2D eigenvalue weighted by Crippen LogP contribution is 2.23. The molecule has 0 spiro atoms. The quantitative estimate of drug-likeness (QED) is 0.447. The van der Waals surface area contributed by atoms with E-state index >= 15 is 0 Å². The van der Waals surface area contributed by atoms with Gasteiger partial charge >= 0.3 is 0 Å². The van der Waals surface area contributed by atoms with Crippen LogP contribution in [0.15, 0.2) is 82.3 Å². The van der Waals surface area contributed by atoms with Gasteiger partial charge in [-0.1, -0.05) is 60.7 Å². The first-order valence-electron chi connectivity index (χ1n) is 11.1. The minimum Gasteiger partial charge on any atom is -0.328 e. The Labute approximate surface area is 202 Å². The van der Waals surface area contributed by atoms with E-state index in [2.05, 4.69) is 0 Å². The normalized spacial score (nSPS) is 15.9. The molecule has 1 aliphatic heterocycles. The third-order valence-corrected chi connectivity index (χ3v) is 8.37. The minimum atomic E-state index is -3.46. The van der Waals surface area contributed by atoms with Gasteiger partial charge in [0.15, 0.2) is 4.96 Å². The number of nitrogens with one attached hydrogen (secondary N) is 1. The molecule has 7 nitrogen and oxygen atoms in total. The van der Waals surface area contributed by atoms with Gasteiger partial charge < -0.3 is 4.90 Å². The topological polar surface area (TPSA) is 76.2 Å². The Kier molecular flexibility index (Phi) is 6.42. The van der Waals surface area contributed by atoms with Crippen molar-refractivity contribution in [1.82, 2.24) is 13.7 Å². The summed E-state index contributed by atoms with van der Waals surface area (Å²) in [6, 6.07) is 20.8. The molecule has 2 aromatic heterocycles. The summed E-state index contributed by atoms with van der Waals surface area (Å²) >= 11 is 1.45. The molecule has 34 heavy (non-hydrogen) atoms. The number of aromatic nitrogens is 2. The lowest BCUT2D eigenvalue weighted by Gasteiger charge is -2.30. The molecule has 1 fully saturated rings. The number of hydrogen-bond donors (Lipinski definition) is 1. The lowest BCUT2D eigenvalue weighted by molar-refractivity contribution is -0.917. The van der Waals surface area contributed by atoms with Crippen LogP contribution in [-0.4, -0.2) is 48.3 Å². The van der Waals surface area contributed by atoms with Crippen LogP contribution in [0.4, 0.5) is 0 Å². The first-order valence-corrected chi connectivity index (χ1v) is 13.5. The van der Waals surface area contributed by atoms with Gasteiger partial charge in [0.1, 0.15) is 12.2 Å². The fourth-order valence-electron chi connectivity index (χ4n) is 4.17. The molecule has 0 unspecified atom stereocenters. The lowest BCUT2D eigenvalue weighted by atomic mass is 10.2. The number of nitrogens with zero attached hydrogens (tertiary/aromatic N) is 3. The van der Waals surface area contributed by atoms with Crippen molar-refractivity contribution < 1.29 is 13.3 Å². The smallest absolute Gasteiger partial charge is 0.259 e. The average Bonchev–Trinajstić information content (AvgIpc) is 3.29. The molecule has 1 saturated heterocycles. The number of sulfonamides is 1. The molecule has 9 heteroatoms. The number of benzene rings is 2. The van der Waals surface area contributed by atoms with Crippen LogP contribution < -0.4 is 10.5 Å². The van der Waals surface area contributed by atoms with Gasteiger partial charge in [-0.15, -0.1) is 11.3 Å². The van der Waals surface area contributed by atoms with Crippen LogP contribution in [0, 0.1) is 0 Å². The molecule has 1 N–H and O–H groups in total. The lowest BCUT2D eigenvalue weighted by Crippen LogP contribution is -3.13. The predicted molar refractivity (Wildman–Crippen MR) is 135 cm³/mol. The molecule has 4 aromatic rings. The highest BCUT2D eigenvalue weighted by molar-refractivity contribution is 7.92. The van der Waals surface area contributed by atoms with E-state index < -0.39 is 10.0 Å². The minimum absolute atomic E-state index is 0.0910. The van der Waals surface area contributed by atoms with Gasteiger partial charge in [0, 0.05) is 16.9 Å². The second-order valence-corrected chi connectivity index (χ2v) is 10.9. The maximum absolute atomic E-state index is 12.9. The zero-order valence-corrected chi connectivity index (χ0v) is 20.1. The second-order valence-electron chi connectivity index (χ2n) is 8.27. The molecule has 2 aromatic carbocycles. The van der Waals surface area contributed by atoms with Gasteiger partial charge in [0.25, 0.3) is 5.56 Å². The zero-order chi connectivity index (χ0) is 23.5. The summed E-state index contributed by atoms with van der Waals surface area (Å²) in [6.45, 7) is 2.81. The number of fused-ring (bicyclic) bond motifs is 1. The van der Waals surface area contributed by atoms with Crippen LogP contribution in [0.3, 0.4) is 0 Å². The second kappa shape index (κ2) is 9.63. The summed E-state index contributed by atoms with van der Waals surface area (Å²) < 4.78 is 28.6. The van der Waals surface area contributed by atoms with Crippen LogP contribution in [0.25, 0.3) is 22.3 Å². The van der Waals surface area contributed by atoms with E-state index in [0.29, 0.717) is 37.7 Å². The van der Waals surface area contributed by atoms with Gasteiger partial charge in [-0.2, -0.15) is 4.31 Å². The fourth-order valence-corrected chi connectivity index (χ4v) is 6.28. The first kappa shape index (κ1) is 22.7. The van der Waals surface area contributed by atoms with Gasteiger partial charge in [-0.25, -0.2) is 13.4 Å². The molecule has 0 radical (unpaired) electrons. The maximum Gasteiger partial charge on any atom is 0.259 e. The molecule has 174 valence electrons. The van der Waals surface area contributed by atoms with Crippen molar-refractivity contribution in [3.63, 3.8) is 0 Å². The highest BCUT2D eigenvalue weighted by atomic mass is 32.2. The van der Waals surface area contributed by atoms with E-state index in [1.807, 2.05) is 66.0 Å². The van der Waals surface area contributed by atoms with Crippen LogP contribution in [0.5, 0.6) is 0 Å². The Morgan fingerprint density at radius 3 is 2.38 bits per heavy atom. The molecule has 1 aliphatic rings. The number of piperazine rings is 1. The predicted octanol–water partition coefficient (Wildman–Crippen LogP) is 2.12. The molecular weight excluding hydrogens is 468 g/mol. The van der Waals surface area contributed by atoms with E-state index in [1.54, 1.807) is 16.5 Å². The first-order chi connectivity index (χ1) is 16.5. The SMILES string of the molecule is O=c1cc(C[NH+]2CCN(S(=O)(=O)/C=C/c3ccccc3)CC2)nc2scc(-c3ccccc3)n12. The van der Waals surface area contributed by atoms with Crippen LogP contribution in [0.2, 0.25) is 0 Å². The average molecular weight is 494 g/mol. The summed E-state index contributed by atoms with van der Waals surface area (Å²) in [5.41, 5.74) is 3.33. The van der Waals surface area contributed by atoms with Crippen LogP contribution in [0.1, 0.15) is 11.3 Å². The summed E-state index contributed by atoms with van der Waals surface area (Å²) in [5.74, 6) is 0. The Hall–Kier alpha value is -3.11. The van der Waals surface area contributed by atoms with Crippen molar-refractivity contribution in [3.05, 3.63) is 99.1 Å². The Morgan fingerprint density at radius 2 is 1.68 bits per heavy atom. The molecular formula is C25H25N4O3S2+. The monoisotopic (exact) mass is 493 g/mol. The molecule has 0 amide bonds. The molecule has 3 heterocycles. The molecule has 0 saturated carbocycles. The number of rotatable bonds is 6. The van der Waals surface area contributed by atoms with Crippen molar-refractivity contribution in [1.29, 1.82) is 0 Å². The summed E-state index contributed by atoms with van der Waals surface area (Å²) in [7, 11) is -3.46. The van der Waals surface area contributed by atoms with E-state index in [0.717, 1.165) is 22.5 Å². The standard InChI is InChI=1S/C25H24N4O3S2/c30-24-17-22(26-25-29(24)23(19-33-25)21-9-5-2-6-10-21)18-27-12-14-28(15-13-27)34(31,32)16-11-20-7-3-1-4-8-20/h1-11,16-17,19H,12-15,18H2/p+1/b16-11+. The Balaban J connectivity index is 1.25. The maximum atomic E-state index is 12.9. The molecule has 0 aliphatic carbocycles. The Bertz CT molecular complexity index is 1470. The van der Waals surface area contributed by atoms with Crippen LogP contribution >= 0.6 is 11.3 Å². The highest BCUT2D eigenvalue weighted by Gasteiger charge is 2.28. The van der Waals surface area contributed by atoms with Crippen molar-refractivity contribution in [3.8, 4) is 11.3 Å². The van der Waals surface area contributed by atoms with Gasteiger partial charge in [0.2, 0.25) is 10.0 Å². The largest absolute Gasteiger partial charge is 0.328 e. The number of quaternary nitrogens is 1. The summed E-state index contributed by atoms with van der Waals surface area (Å²) in [6.07, 6.45) is 1.63. The third-order valence-electron chi connectivity index (χ3n) is 5.98. The van der Waals surface area contributed by atoms with Gasteiger partial charge in [0.05, 0.1) is 31.9 Å². The third kappa shape index (κ3) is 4.88. The molecule has 0 atom stereocenters. The molecule has 5 rings (SSSR count).